The molecular weight excluding hydrogens is 416 g/mol. The van der Waals surface area contributed by atoms with Gasteiger partial charge in [-0.15, -0.1) is 0 Å². The average molecular weight is 445 g/mol. The van der Waals surface area contributed by atoms with E-state index in [9.17, 15) is 14.4 Å². The Balaban J connectivity index is 1.57. The Hall–Kier alpha value is -3.97. The van der Waals surface area contributed by atoms with Crippen LogP contribution in [0.25, 0.3) is 0 Å². The number of anilines is 3. The summed E-state index contributed by atoms with van der Waals surface area (Å²) in [6.07, 6.45) is 0. The highest BCUT2D eigenvalue weighted by Crippen LogP contribution is 2.19. The SMILES string of the molecule is Cc1cccc(C)c1NC(=O)CN(C)CC(=O)Nc1ccccc1C(=O)Nc1ccccc1. The fourth-order valence-corrected chi connectivity index (χ4v) is 3.44. The van der Waals surface area contributed by atoms with Crippen LogP contribution in [-0.4, -0.2) is 42.8 Å². The molecule has 0 heterocycles. The molecule has 0 aliphatic heterocycles. The van der Waals surface area contributed by atoms with E-state index in [0.717, 1.165) is 16.8 Å². The lowest BCUT2D eigenvalue weighted by Gasteiger charge is -2.18. The molecule has 7 heteroatoms. The molecule has 0 unspecified atom stereocenters. The predicted octanol–water partition coefficient (Wildman–Crippen LogP) is 4.06. The van der Waals surface area contributed by atoms with Crippen molar-refractivity contribution in [2.75, 3.05) is 36.1 Å². The molecule has 170 valence electrons. The van der Waals surface area contributed by atoms with Gasteiger partial charge in [0.05, 0.1) is 24.3 Å². The van der Waals surface area contributed by atoms with Gasteiger partial charge in [0.2, 0.25) is 11.8 Å². The van der Waals surface area contributed by atoms with E-state index in [0.29, 0.717) is 16.9 Å². The number of rotatable bonds is 8. The maximum Gasteiger partial charge on any atom is 0.257 e. The molecule has 33 heavy (non-hydrogen) atoms. The normalized spacial score (nSPS) is 10.5. The first-order chi connectivity index (χ1) is 15.8. The Labute approximate surface area is 193 Å². The van der Waals surface area contributed by atoms with Crippen LogP contribution in [0.1, 0.15) is 21.5 Å². The van der Waals surface area contributed by atoms with Gasteiger partial charge >= 0.3 is 0 Å². The van der Waals surface area contributed by atoms with Crippen LogP contribution in [0.3, 0.4) is 0 Å². The topological polar surface area (TPSA) is 90.5 Å². The minimum atomic E-state index is -0.322. The van der Waals surface area contributed by atoms with Crippen LogP contribution in [-0.2, 0) is 9.59 Å². The molecule has 0 aliphatic rings. The average Bonchev–Trinajstić information content (AvgIpc) is 2.77. The zero-order valence-electron chi connectivity index (χ0n) is 19.0. The standard InChI is InChI=1S/C26H28N4O3/c1-18-10-9-11-19(2)25(18)29-24(32)17-30(3)16-23(31)28-22-15-8-7-14-21(22)26(33)27-20-12-5-4-6-13-20/h4-15H,16-17H2,1-3H3,(H,27,33)(H,28,31)(H,29,32). The van der Waals surface area contributed by atoms with Crippen molar-refractivity contribution in [2.24, 2.45) is 0 Å². The zero-order valence-corrected chi connectivity index (χ0v) is 19.0. The van der Waals surface area contributed by atoms with E-state index in [2.05, 4.69) is 16.0 Å². The summed E-state index contributed by atoms with van der Waals surface area (Å²) in [7, 11) is 1.69. The number of hydrogen-bond donors (Lipinski definition) is 3. The third kappa shape index (κ3) is 6.75. The first kappa shape index (κ1) is 23.7. The lowest BCUT2D eigenvalue weighted by atomic mass is 10.1. The number of carbonyl (C=O) groups is 3. The van der Waals surface area contributed by atoms with E-state index in [-0.39, 0.29) is 30.8 Å². The van der Waals surface area contributed by atoms with Crippen molar-refractivity contribution in [3.05, 3.63) is 89.5 Å². The minimum absolute atomic E-state index is 0.00515. The second-order valence-electron chi connectivity index (χ2n) is 7.90. The molecule has 0 radical (unpaired) electrons. The fourth-order valence-electron chi connectivity index (χ4n) is 3.44. The Morgan fingerprint density at radius 2 is 1.27 bits per heavy atom. The van der Waals surface area contributed by atoms with Crippen molar-refractivity contribution in [3.8, 4) is 0 Å². The van der Waals surface area contributed by atoms with Crippen LogP contribution < -0.4 is 16.0 Å². The van der Waals surface area contributed by atoms with Crippen LogP contribution in [0, 0.1) is 13.8 Å². The van der Waals surface area contributed by atoms with Crippen molar-refractivity contribution in [1.29, 1.82) is 0 Å². The first-order valence-electron chi connectivity index (χ1n) is 10.6. The van der Waals surface area contributed by atoms with Gasteiger partial charge in [-0.1, -0.05) is 48.5 Å². The molecule has 0 atom stereocenters. The smallest absolute Gasteiger partial charge is 0.257 e. The molecule has 3 N–H and O–H groups in total. The molecule has 0 saturated heterocycles. The summed E-state index contributed by atoms with van der Waals surface area (Å²) >= 11 is 0. The number of carbonyl (C=O) groups excluding carboxylic acids is 3. The Morgan fingerprint density at radius 3 is 1.94 bits per heavy atom. The second kappa shape index (κ2) is 11.1. The van der Waals surface area contributed by atoms with E-state index in [1.54, 1.807) is 48.3 Å². The van der Waals surface area contributed by atoms with Gasteiger partial charge in [0.1, 0.15) is 0 Å². The molecule has 0 aromatic heterocycles. The van der Waals surface area contributed by atoms with E-state index >= 15 is 0 Å². The number of amides is 3. The Morgan fingerprint density at radius 1 is 0.697 bits per heavy atom. The molecule has 7 nitrogen and oxygen atoms in total. The Bertz CT molecular complexity index is 1130. The summed E-state index contributed by atoms with van der Waals surface area (Å²) in [6.45, 7) is 3.92. The lowest BCUT2D eigenvalue weighted by Crippen LogP contribution is -2.36. The van der Waals surface area contributed by atoms with Gasteiger partial charge in [-0.25, -0.2) is 0 Å². The maximum atomic E-state index is 12.7. The number of nitrogens with one attached hydrogen (secondary N) is 3. The number of hydrogen-bond acceptors (Lipinski definition) is 4. The molecule has 3 aromatic rings. The van der Waals surface area contributed by atoms with Crippen molar-refractivity contribution in [2.45, 2.75) is 13.8 Å². The zero-order chi connectivity index (χ0) is 23.8. The molecule has 0 aliphatic carbocycles. The number of likely N-dealkylation sites (N-methyl/N-ethyl adjacent to an activating group) is 1. The number of aryl methyl sites for hydroxylation is 2. The number of nitrogens with zero attached hydrogens (tertiary/aromatic N) is 1. The van der Waals surface area contributed by atoms with Gasteiger partial charge in [-0.05, 0) is 56.3 Å². The molecule has 0 spiro atoms. The fraction of sp³-hybridized carbons (Fsp3) is 0.192. The molecule has 3 aromatic carbocycles. The summed E-state index contributed by atoms with van der Waals surface area (Å²) < 4.78 is 0. The second-order valence-corrected chi connectivity index (χ2v) is 7.90. The van der Waals surface area contributed by atoms with Crippen molar-refractivity contribution in [3.63, 3.8) is 0 Å². The largest absolute Gasteiger partial charge is 0.324 e. The first-order valence-corrected chi connectivity index (χ1v) is 10.6. The lowest BCUT2D eigenvalue weighted by molar-refractivity contribution is -0.119. The highest BCUT2D eigenvalue weighted by Gasteiger charge is 2.16. The third-order valence-corrected chi connectivity index (χ3v) is 5.05. The van der Waals surface area contributed by atoms with Crippen LogP contribution in [0.5, 0.6) is 0 Å². The van der Waals surface area contributed by atoms with E-state index in [1.807, 2.05) is 50.2 Å². The van der Waals surface area contributed by atoms with Gasteiger partial charge in [-0.2, -0.15) is 0 Å². The molecule has 0 fully saturated rings. The maximum absolute atomic E-state index is 12.7. The van der Waals surface area contributed by atoms with Crippen molar-refractivity contribution in [1.82, 2.24) is 4.90 Å². The van der Waals surface area contributed by atoms with Gasteiger partial charge < -0.3 is 16.0 Å². The van der Waals surface area contributed by atoms with Gasteiger partial charge in [0.15, 0.2) is 0 Å². The van der Waals surface area contributed by atoms with Crippen molar-refractivity contribution < 1.29 is 14.4 Å². The van der Waals surface area contributed by atoms with Crippen molar-refractivity contribution >= 4 is 34.8 Å². The quantitative estimate of drug-likeness (QED) is 0.489. The highest BCUT2D eigenvalue weighted by molar-refractivity contribution is 6.10. The number of para-hydroxylation sites is 3. The summed E-state index contributed by atoms with van der Waals surface area (Å²) in [4.78, 5) is 39.3. The van der Waals surface area contributed by atoms with Gasteiger partial charge in [0, 0.05) is 11.4 Å². The molecule has 0 bridgehead atoms. The Kier molecular flexibility index (Phi) is 7.94. The molecule has 0 saturated carbocycles. The van der Waals surface area contributed by atoms with E-state index in [4.69, 9.17) is 0 Å². The van der Waals surface area contributed by atoms with Crippen LogP contribution in [0.2, 0.25) is 0 Å². The summed E-state index contributed by atoms with van der Waals surface area (Å²) in [5, 5.41) is 8.51. The summed E-state index contributed by atoms with van der Waals surface area (Å²) in [5.41, 5.74) is 4.18. The molecule has 3 amide bonds. The number of benzene rings is 3. The monoisotopic (exact) mass is 444 g/mol. The molecular formula is C26H28N4O3. The van der Waals surface area contributed by atoms with Gasteiger partial charge in [0.25, 0.3) is 5.91 Å². The highest BCUT2D eigenvalue weighted by atomic mass is 16.2. The van der Waals surface area contributed by atoms with E-state index in [1.165, 1.54) is 0 Å². The predicted molar refractivity (Wildman–Crippen MR) is 132 cm³/mol. The summed E-state index contributed by atoms with van der Waals surface area (Å²) in [6, 6.07) is 21.7. The third-order valence-electron chi connectivity index (χ3n) is 5.05. The van der Waals surface area contributed by atoms with Crippen LogP contribution in [0.15, 0.2) is 72.8 Å². The van der Waals surface area contributed by atoms with Crippen LogP contribution in [0.4, 0.5) is 17.1 Å². The van der Waals surface area contributed by atoms with E-state index < -0.39 is 0 Å². The van der Waals surface area contributed by atoms with Crippen LogP contribution >= 0.6 is 0 Å². The minimum Gasteiger partial charge on any atom is -0.324 e. The summed E-state index contributed by atoms with van der Waals surface area (Å²) in [5.74, 6) is -0.846. The van der Waals surface area contributed by atoms with Gasteiger partial charge in [-0.3, -0.25) is 19.3 Å². The molecule has 3 rings (SSSR count).